The Balaban J connectivity index is 2.24. The molecule has 1 fully saturated rings. The number of hydrogen-bond donors (Lipinski definition) is 1. The molecule has 2 heterocycles. The number of halogens is 1. The van der Waals surface area contributed by atoms with E-state index in [-0.39, 0.29) is 17.2 Å². The van der Waals surface area contributed by atoms with Gasteiger partial charge in [-0.15, -0.1) is 0 Å². The molecule has 1 aliphatic rings. The highest BCUT2D eigenvalue weighted by Gasteiger charge is 2.24. The van der Waals surface area contributed by atoms with E-state index in [1.54, 1.807) is 12.3 Å². The summed E-state index contributed by atoms with van der Waals surface area (Å²) in [5.41, 5.74) is 0.0163. The van der Waals surface area contributed by atoms with Gasteiger partial charge in [0.15, 0.2) is 0 Å². The lowest BCUT2D eigenvalue weighted by Gasteiger charge is -2.34. The van der Waals surface area contributed by atoms with E-state index in [4.69, 9.17) is 16.3 Å². The van der Waals surface area contributed by atoms with Crippen LogP contribution in [0.4, 0.5) is 5.69 Å². The monoisotopic (exact) mass is 229 g/mol. The molecule has 82 valence electrons. The minimum absolute atomic E-state index is 0.0221. The number of ether oxygens (including phenoxy) is 1. The SMILES string of the molecule is CC1CN(c2ccn[nH]c2=O)CC(Cl)O1. The molecule has 2 unspecified atom stereocenters. The lowest BCUT2D eigenvalue weighted by Crippen LogP contribution is -2.46. The van der Waals surface area contributed by atoms with Crippen LogP contribution in [0.1, 0.15) is 6.92 Å². The molecule has 0 aliphatic carbocycles. The topological polar surface area (TPSA) is 58.2 Å². The summed E-state index contributed by atoms with van der Waals surface area (Å²) in [6.07, 6.45) is 1.58. The third kappa shape index (κ3) is 2.30. The van der Waals surface area contributed by atoms with Crippen molar-refractivity contribution < 1.29 is 4.74 Å². The third-order valence-corrected chi connectivity index (χ3v) is 2.51. The van der Waals surface area contributed by atoms with E-state index in [0.717, 1.165) is 0 Å². The minimum Gasteiger partial charge on any atom is -0.361 e. The summed E-state index contributed by atoms with van der Waals surface area (Å²) in [6, 6.07) is 1.68. The summed E-state index contributed by atoms with van der Waals surface area (Å²) in [4.78, 5) is 13.4. The average molecular weight is 230 g/mol. The fourth-order valence-electron chi connectivity index (χ4n) is 1.68. The zero-order chi connectivity index (χ0) is 10.8. The number of anilines is 1. The Labute approximate surface area is 92.0 Å². The van der Waals surface area contributed by atoms with Crippen LogP contribution in [0.5, 0.6) is 0 Å². The van der Waals surface area contributed by atoms with E-state index in [2.05, 4.69) is 10.2 Å². The van der Waals surface area contributed by atoms with Gasteiger partial charge in [-0.05, 0) is 13.0 Å². The predicted molar refractivity (Wildman–Crippen MR) is 57.3 cm³/mol. The van der Waals surface area contributed by atoms with Crippen LogP contribution in [-0.4, -0.2) is 35.0 Å². The van der Waals surface area contributed by atoms with Gasteiger partial charge in [0, 0.05) is 12.7 Å². The Morgan fingerprint density at radius 2 is 2.47 bits per heavy atom. The minimum atomic E-state index is -0.374. The van der Waals surface area contributed by atoms with Gasteiger partial charge in [-0.1, -0.05) is 11.6 Å². The highest BCUT2D eigenvalue weighted by molar-refractivity contribution is 6.20. The first-order chi connectivity index (χ1) is 7.16. The van der Waals surface area contributed by atoms with Crippen molar-refractivity contribution in [3.63, 3.8) is 0 Å². The van der Waals surface area contributed by atoms with Gasteiger partial charge in [-0.25, -0.2) is 5.10 Å². The van der Waals surface area contributed by atoms with E-state index >= 15 is 0 Å². The number of aromatic nitrogens is 2. The van der Waals surface area contributed by atoms with Gasteiger partial charge in [-0.2, -0.15) is 5.10 Å². The first kappa shape index (κ1) is 10.4. The molecule has 1 saturated heterocycles. The molecule has 6 heteroatoms. The molecular weight excluding hydrogens is 218 g/mol. The van der Waals surface area contributed by atoms with Gasteiger partial charge in [-0.3, -0.25) is 4.79 Å². The molecule has 0 radical (unpaired) electrons. The van der Waals surface area contributed by atoms with E-state index in [0.29, 0.717) is 18.8 Å². The van der Waals surface area contributed by atoms with Crippen LogP contribution in [0.15, 0.2) is 17.1 Å². The quantitative estimate of drug-likeness (QED) is 0.715. The zero-order valence-electron chi connectivity index (χ0n) is 8.31. The second-order valence-electron chi connectivity index (χ2n) is 3.53. The molecule has 2 rings (SSSR count). The van der Waals surface area contributed by atoms with Crippen LogP contribution >= 0.6 is 11.6 Å². The van der Waals surface area contributed by atoms with E-state index < -0.39 is 0 Å². The van der Waals surface area contributed by atoms with Crippen LogP contribution in [0.2, 0.25) is 0 Å². The molecule has 0 amide bonds. The maximum absolute atomic E-state index is 11.5. The van der Waals surface area contributed by atoms with Crippen LogP contribution < -0.4 is 10.5 Å². The van der Waals surface area contributed by atoms with Crippen molar-refractivity contribution in [2.45, 2.75) is 18.6 Å². The maximum Gasteiger partial charge on any atom is 0.287 e. The first-order valence-corrected chi connectivity index (χ1v) is 5.18. The lowest BCUT2D eigenvalue weighted by molar-refractivity contribution is 0.0283. The van der Waals surface area contributed by atoms with Crippen LogP contribution in [-0.2, 0) is 4.74 Å². The molecule has 2 atom stereocenters. The molecule has 1 N–H and O–H groups in total. The number of alkyl halides is 1. The van der Waals surface area contributed by atoms with E-state index in [9.17, 15) is 4.79 Å². The third-order valence-electron chi connectivity index (χ3n) is 2.27. The van der Waals surface area contributed by atoms with Crippen molar-refractivity contribution >= 4 is 17.3 Å². The zero-order valence-corrected chi connectivity index (χ0v) is 9.07. The molecule has 0 bridgehead atoms. The standard InChI is InChI=1S/C9H12ClN3O2/c1-6-4-13(5-8(10)15-6)7-2-3-11-12-9(7)14/h2-3,6,8H,4-5H2,1H3,(H,12,14). The molecule has 1 aromatic rings. The number of aromatic amines is 1. The summed E-state index contributed by atoms with van der Waals surface area (Å²) in [6.45, 7) is 3.10. The Bertz CT molecular complexity index is 385. The second-order valence-corrected chi connectivity index (χ2v) is 4.02. The summed E-state index contributed by atoms with van der Waals surface area (Å²) >= 11 is 5.92. The number of rotatable bonds is 1. The molecule has 5 nitrogen and oxygen atoms in total. The van der Waals surface area contributed by atoms with Crippen LogP contribution in [0, 0.1) is 0 Å². The first-order valence-electron chi connectivity index (χ1n) is 4.75. The average Bonchev–Trinajstić information content (AvgIpc) is 2.16. The van der Waals surface area contributed by atoms with Crippen molar-refractivity contribution in [2.24, 2.45) is 0 Å². The van der Waals surface area contributed by atoms with Gasteiger partial charge in [0.1, 0.15) is 11.3 Å². The van der Waals surface area contributed by atoms with Crippen molar-refractivity contribution in [1.29, 1.82) is 0 Å². The molecule has 15 heavy (non-hydrogen) atoms. The van der Waals surface area contributed by atoms with Gasteiger partial charge in [0.2, 0.25) is 0 Å². The fourth-order valence-corrected chi connectivity index (χ4v) is 2.02. The number of morpholine rings is 1. The maximum atomic E-state index is 11.5. The van der Waals surface area contributed by atoms with Crippen molar-refractivity contribution in [1.82, 2.24) is 10.2 Å². The summed E-state index contributed by atoms with van der Waals surface area (Å²) in [5, 5.41) is 6.05. The van der Waals surface area contributed by atoms with Gasteiger partial charge >= 0.3 is 0 Å². The van der Waals surface area contributed by atoms with Crippen LogP contribution in [0.3, 0.4) is 0 Å². The number of nitrogens with zero attached hydrogens (tertiary/aromatic N) is 2. The number of hydrogen-bond acceptors (Lipinski definition) is 4. The summed E-state index contributed by atoms with van der Waals surface area (Å²) in [7, 11) is 0. The summed E-state index contributed by atoms with van der Waals surface area (Å²) in [5.74, 6) is 0. The molecule has 1 aromatic heterocycles. The fraction of sp³-hybridized carbons (Fsp3) is 0.556. The Kier molecular flexibility index (Phi) is 2.93. The molecule has 0 saturated carbocycles. The van der Waals surface area contributed by atoms with Crippen molar-refractivity contribution in [3.05, 3.63) is 22.6 Å². The van der Waals surface area contributed by atoms with E-state index in [1.165, 1.54) is 0 Å². The van der Waals surface area contributed by atoms with Gasteiger partial charge < -0.3 is 9.64 Å². The number of H-pyrrole nitrogens is 1. The Morgan fingerprint density at radius 1 is 1.67 bits per heavy atom. The van der Waals surface area contributed by atoms with Crippen LogP contribution in [0.25, 0.3) is 0 Å². The molecule has 1 aliphatic heterocycles. The molecule has 0 spiro atoms. The summed E-state index contributed by atoms with van der Waals surface area (Å²) < 4.78 is 5.37. The van der Waals surface area contributed by atoms with Crippen molar-refractivity contribution in [2.75, 3.05) is 18.0 Å². The predicted octanol–water partition coefficient (Wildman–Crippen LogP) is 0.560. The highest BCUT2D eigenvalue weighted by atomic mass is 35.5. The molecule has 0 aromatic carbocycles. The molecular formula is C9H12ClN3O2. The second kappa shape index (κ2) is 4.20. The lowest BCUT2D eigenvalue weighted by atomic mass is 10.2. The largest absolute Gasteiger partial charge is 0.361 e. The van der Waals surface area contributed by atoms with Gasteiger partial charge in [0.25, 0.3) is 5.56 Å². The smallest absolute Gasteiger partial charge is 0.287 e. The number of nitrogens with one attached hydrogen (secondary N) is 1. The van der Waals surface area contributed by atoms with Gasteiger partial charge in [0.05, 0.1) is 12.6 Å². The Hall–Kier alpha value is -1.07. The normalized spacial score (nSPS) is 26.7. The highest BCUT2D eigenvalue weighted by Crippen LogP contribution is 2.17. The van der Waals surface area contributed by atoms with Crippen molar-refractivity contribution in [3.8, 4) is 0 Å². The Morgan fingerprint density at radius 3 is 3.13 bits per heavy atom. The van der Waals surface area contributed by atoms with E-state index in [1.807, 2.05) is 11.8 Å².